The number of carbonyl (C=O) groups excluding carboxylic acids is 1. The summed E-state index contributed by atoms with van der Waals surface area (Å²) in [6.45, 7) is 2.30. The Balaban J connectivity index is 0.00000259. The Labute approximate surface area is 212 Å². The van der Waals surface area contributed by atoms with Crippen LogP contribution in [0.2, 0.25) is 0 Å². The number of benzene rings is 3. The third-order valence-corrected chi connectivity index (χ3v) is 6.50. The second-order valence-corrected chi connectivity index (χ2v) is 9.06. The van der Waals surface area contributed by atoms with Crippen molar-refractivity contribution in [2.75, 3.05) is 0 Å². The lowest BCUT2D eigenvalue weighted by Gasteiger charge is -2.07. The van der Waals surface area contributed by atoms with E-state index < -0.39 is 0 Å². The van der Waals surface area contributed by atoms with Crippen LogP contribution in [-0.4, -0.2) is 14.9 Å². The summed E-state index contributed by atoms with van der Waals surface area (Å²) in [5, 5.41) is 2.65. The molecule has 0 saturated heterocycles. The van der Waals surface area contributed by atoms with Crippen molar-refractivity contribution in [1.29, 1.82) is 0 Å². The van der Waals surface area contributed by atoms with Crippen molar-refractivity contribution in [3.8, 4) is 0 Å². The Morgan fingerprint density at radius 2 is 1.42 bits per heavy atom. The van der Waals surface area contributed by atoms with Gasteiger partial charge in [-0.25, -0.2) is 9.13 Å². The lowest BCUT2D eigenvalue weighted by Crippen LogP contribution is -3.00. The molecular weight excluding hydrogens is 542 g/mol. The Morgan fingerprint density at radius 3 is 2.09 bits per heavy atom. The fourth-order valence-electron chi connectivity index (χ4n) is 4.37. The maximum atomic E-state index is 12.5. The fraction of sp³-hybridized carbons (Fsp3) is 0.185. The molecule has 0 atom stereocenters. The minimum absolute atomic E-state index is 0. The number of halogens is 2. The van der Waals surface area contributed by atoms with Gasteiger partial charge in [-0.2, -0.15) is 0 Å². The van der Waals surface area contributed by atoms with Crippen LogP contribution in [0.5, 0.6) is 0 Å². The lowest BCUT2D eigenvalue weighted by atomic mass is 10.1. The molecule has 0 spiro atoms. The molecule has 2 heterocycles. The van der Waals surface area contributed by atoms with E-state index >= 15 is 0 Å². The van der Waals surface area contributed by atoms with Gasteiger partial charge in [0.25, 0.3) is 0 Å². The van der Waals surface area contributed by atoms with Crippen LogP contribution in [-0.2, 0) is 19.6 Å². The smallest absolute Gasteiger partial charge is 0.244 e. The van der Waals surface area contributed by atoms with Gasteiger partial charge in [-0.15, -0.1) is 0 Å². The van der Waals surface area contributed by atoms with Crippen LogP contribution in [0.4, 0.5) is 0 Å². The zero-order chi connectivity index (χ0) is 21.9. The topological polar surface area (TPSA) is 30.8 Å². The Morgan fingerprint density at radius 1 is 0.818 bits per heavy atom. The standard InChI is InChI=1S/C27H25BrN3O.BrH/c28-22-13-11-21(12-14-22)27(32)19-30-18-17-29(20-30)15-5-6-16-31-25-9-3-1-7-23(25)24-8-2-4-10-26(24)31;/h1-4,7-14,17-18,20H,5-6,15-16,19H2;1H/q+1;/p-1. The number of imidazole rings is 1. The first-order valence-electron chi connectivity index (χ1n) is 11.0. The SMILES string of the molecule is O=C(C[n+]1ccn(CCCCn2c3ccccc3c3ccccc32)c1)c1ccc(Br)cc1.[Br-]. The average molecular weight is 567 g/mol. The summed E-state index contributed by atoms with van der Waals surface area (Å²) in [4.78, 5) is 12.5. The van der Waals surface area contributed by atoms with Crippen LogP contribution in [0.15, 0.2) is 96.0 Å². The van der Waals surface area contributed by atoms with Crippen LogP contribution in [0.25, 0.3) is 21.8 Å². The summed E-state index contributed by atoms with van der Waals surface area (Å²) in [6, 6.07) is 24.8. The molecule has 4 nitrogen and oxygen atoms in total. The second kappa shape index (κ2) is 10.5. The quantitative estimate of drug-likeness (QED) is 0.161. The average Bonchev–Trinajstić information content (AvgIpc) is 3.39. The third kappa shape index (κ3) is 5.12. The number of hydrogen-bond acceptors (Lipinski definition) is 1. The van der Waals surface area contributed by atoms with Gasteiger partial charge in [-0.05, 0) is 37.1 Å². The molecule has 5 rings (SSSR count). The number of fused-ring (bicyclic) bond motifs is 3. The van der Waals surface area contributed by atoms with Crippen LogP contribution in [0.3, 0.4) is 0 Å². The van der Waals surface area contributed by atoms with E-state index in [4.69, 9.17) is 0 Å². The molecule has 2 aromatic heterocycles. The molecule has 3 aromatic carbocycles. The number of unbranched alkanes of at least 4 members (excludes halogenated alkanes) is 1. The first-order valence-corrected chi connectivity index (χ1v) is 11.8. The minimum Gasteiger partial charge on any atom is -1.00 e. The summed E-state index contributed by atoms with van der Waals surface area (Å²) < 4.78 is 7.55. The molecule has 0 aliphatic heterocycles. The predicted molar refractivity (Wildman–Crippen MR) is 132 cm³/mol. The van der Waals surface area contributed by atoms with E-state index in [2.05, 4.69) is 79.8 Å². The molecule has 0 aliphatic carbocycles. The van der Waals surface area contributed by atoms with Crippen molar-refractivity contribution < 1.29 is 26.3 Å². The van der Waals surface area contributed by atoms with Crippen molar-refractivity contribution in [3.05, 3.63) is 102 Å². The van der Waals surface area contributed by atoms with E-state index in [9.17, 15) is 4.79 Å². The van der Waals surface area contributed by atoms with Gasteiger partial charge in [0.1, 0.15) is 12.4 Å². The van der Waals surface area contributed by atoms with Gasteiger partial charge in [-0.1, -0.05) is 64.5 Å². The van der Waals surface area contributed by atoms with Gasteiger partial charge in [0.2, 0.25) is 12.1 Å². The van der Waals surface area contributed by atoms with E-state index in [1.807, 2.05) is 41.4 Å². The highest BCUT2D eigenvalue weighted by Crippen LogP contribution is 2.29. The zero-order valence-corrected chi connectivity index (χ0v) is 21.4. The van der Waals surface area contributed by atoms with Crippen LogP contribution in [0.1, 0.15) is 23.2 Å². The number of carbonyl (C=O) groups is 1. The number of rotatable bonds is 8. The molecule has 0 radical (unpaired) electrons. The highest BCUT2D eigenvalue weighted by Gasteiger charge is 2.12. The number of hydrogen-bond donors (Lipinski definition) is 0. The summed E-state index contributed by atoms with van der Waals surface area (Å²) in [5.74, 6) is 0.117. The molecule has 33 heavy (non-hydrogen) atoms. The van der Waals surface area contributed by atoms with Crippen LogP contribution in [0, 0.1) is 0 Å². The Kier molecular flexibility index (Phi) is 7.46. The maximum Gasteiger partial charge on any atom is 0.244 e. The molecule has 5 aromatic rings. The molecule has 0 saturated carbocycles. The molecular formula is C27H25Br2N3O. The van der Waals surface area contributed by atoms with Gasteiger partial charge < -0.3 is 21.5 Å². The molecule has 0 amide bonds. The maximum absolute atomic E-state index is 12.5. The number of para-hydroxylation sites is 2. The number of aromatic nitrogens is 3. The molecule has 0 N–H and O–H groups in total. The number of Topliss-reactive ketones (excluding diaryl/α,β-unsaturated/α-hetero) is 1. The Bertz CT molecular complexity index is 1330. The van der Waals surface area contributed by atoms with E-state index in [1.165, 1.54) is 21.8 Å². The first kappa shape index (κ1) is 23.5. The van der Waals surface area contributed by atoms with Gasteiger partial charge in [-0.3, -0.25) is 4.79 Å². The highest BCUT2D eigenvalue weighted by atomic mass is 79.9. The van der Waals surface area contributed by atoms with Crippen molar-refractivity contribution in [2.24, 2.45) is 0 Å². The van der Waals surface area contributed by atoms with Gasteiger partial charge in [0.15, 0.2) is 6.54 Å². The molecule has 0 bridgehead atoms. The number of nitrogens with zero attached hydrogens (tertiary/aromatic N) is 3. The highest BCUT2D eigenvalue weighted by molar-refractivity contribution is 9.10. The van der Waals surface area contributed by atoms with Crippen molar-refractivity contribution in [1.82, 2.24) is 9.13 Å². The van der Waals surface area contributed by atoms with E-state index in [0.717, 1.165) is 36.0 Å². The molecule has 0 aliphatic rings. The number of aryl methyl sites for hydroxylation is 2. The molecule has 0 fully saturated rings. The van der Waals surface area contributed by atoms with Crippen molar-refractivity contribution in [2.45, 2.75) is 32.5 Å². The first-order chi connectivity index (χ1) is 15.7. The third-order valence-electron chi connectivity index (χ3n) is 5.97. The van der Waals surface area contributed by atoms with E-state index in [-0.39, 0.29) is 22.8 Å². The summed E-state index contributed by atoms with van der Waals surface area (Å²) >= 11 is 3.41. The predicted octanol–water partition coefficient (Wildman–Crippen LogP) is 3.01. The van der Waals surface area contributed by atoms with Gasteiger partial charge >= 0.3 is 0 Å². The molecule has 168 valence electrons. The summed E-state index contributed by atoms with van der Waals surface area (Å²) in [7, 11) is 0. The van der Waals surface area contributed by atoms with Crippen molar-refractivity contribution >= 4 is 43.5 Å². The van der Waals surface area contributed by atoms with Gasteiger partial charge in [0, 0.05) is 38.4 Å². The Hall–Kier alpha value is -2.70. The molecule has 6 heteroatoms. The molecule has 0 unspecified atom stereocenters. The van der Waals surface area contributed by atoms with E-state index in [1.54, 1.807) is 0 Å². The summed E-state index contributed by atoms with van der Waals surface area (Å²) in [5.41, 5.74) is 3.34. The van der Waals surface area contributed by atoms with Crippen molar-refractivity contribution in [3.63, 3.8) is 0 Å². The van der Waals surface area contributed by atoms with Crippen LogP contribution >= 0.6 is 15.9 Å². The van der Waals surface area contributed by atoms with Crippen LogP contribution < -0.4 is 21.5 Å². The normalized spacial score (nSPS) is 11.1. The largest absolute Gasteiger partial charge is 1.00 e. The number of ketones is 1. The van der Waals surface area contributed by atoms with Gasteiger partial charge in [0.05, 0.1) is 6.54 Å². The fourth-order valence-corrected chi connectivity index (χ4v) is 4.63. The van der Waals surface area contributed by atoms with E-state index in [0.29, 0.717) is 6.54 Å². The monoisotopic (exact) mass is 565 g/mol. The summed E-state index contributed by atoms with van der Waals surface area (Å²) in [6.07, 6.45) is 8.23. The lowest BCUT2D eigenvalue weighted by molar-refractivity contribution is -0.682. The zero-order valence-electron chi connectivity index (χ0n) is 18.2. The second-order valence-electron chi connectivity index (χ2n) is 8.15. The minimum atomic E-state index is 0.